The Morgan fingerprint density at radius 2 is 2.20 bits per heavy atom. The van der Waals surface area contributed by atoms with Gasteiger partial charge in [-0.05, 0) is 31.1 Å². The number of nitrogens with zero attached hydrogens (tertiary/aromatic N) is 3. The van der Waals surface area contributed by atoms with Crippen molar-refractivity contribution in [1.29, 1.82) is 0 Å². The van der Waals surface area contributed by atoms with Crippen LogP contribution in [0.4, 0.5) is 0 Å². The molecule has 1 unspecified atom stereocenters. The smallest absolute Gasteiger partial charge is 0.246 e. The van der Waals surface area contributed by atoms with Crippen LogP contribution < -0.4 is 5.32 Å². The largest absolute Gasteiger partial charge is 0.395 e. The van der Waals surface area contributed by atoms with E-state index in [9.17, 15) is 4.79 Å². The molecule has 1 aromatic carbocycles. The zero-order chi connectivity index (χ0) is 17.5. The Kier molecular flexibility index (Phi) is 5.98. The summed E-state index contributed by atoms with van der Waals surface area (Å²) in [6, 6.07) is 10.1. The summed E-state index contributed by atoms with van der Waals surface area (Å²) < 4.78 is 1.79. The van der Waals surface area contributed by atoms with E-state index in [-0.39, 0.29) is 18.6 Å². The first-order valence-corrected chi connectivity index (χ1v) is 8.67. The molecule has 2 heterocycles. The van der Waals surface area contributed by atoms with E-state index in [0.717, 1.165) is 30.6 Å². The highest BCUT2D eigenvalue weighted by Gasteiger charge is 2.21. The van der Waals surface area contributed by atoms with Crippen LogP contribution in [0.15, 0.2) is 48.8 Å². The van der Waals surface area contributed by atoms with E-state index in [1.54, 1.807) is 23.0 Å². The summed E-state index contributed by atoms with van der Waals surface area (Å²) in [5.74, 6) is 0.0166. The van der Waals surface area contributed by atoms with Crippen LogP contribution in [0.5, 0.6) is 0 Å². The summed E-state index contributed by atoms with van der Waals surface area (Å²) in [5.41, 5.74) is 1.88. The van der Waals surface area contributed by atoms with Gasteiger partial charge in [-0.1, -0.05) is 18.2 Å². The van der Waals surface area contributed by atoms with Crippen LogP contribution in [0.25, 0.3) is 11.8 Å². The van der Waals surface area contributed by atoms with Crippen LogP contribution in [-0.2, 0) is 4.79 Å². The number of hydrogen-bond donors (Lipinski definition) is 2. The summed E-state index contributed by atoms with van der Waals surface area (Å²) >= 11 is 0. The van der Waals surface area contributed by atoms with Gasteiger partial charge >= 0.3 is 0 Å². The van der Waals surface area contributed by atoms with Gasteiger partial charge in [-0.3, -0.25) is 4.79 Å². The minimum atomic E-state index is 0.0166. The second-order valence-electron chi connectivity index (χ2n) is 6.19. The van der Waals surface area contributed by atoms with Crippen molar-refractivity contribution in [3.8, 4) is 5.69 Å². The van der Waals surface area contributed by atoms with Crippen LogP contribution in [0.1, 0.15) is 18.4 Å². The Bertz CT molecular complexity index is 711. The quantitative estimate of drug-likeness (QED) is 0.781. The lowest BCUT2D eigenvalue weighted by atomic mass is 10.1. The molecule has 1 aromatic heterocycles. The number of likely N-dealkylation sites (tertiary alicyclic amines) is 1. The molecule has 0 saturated carbocycles. The SMILES string of the molecule is O=C(/C=C/c1cnn(-c2ccccc2)c1)N1CCCC(NCCO)C1. The molecule has 2 aromatic rings. The normalized spacial score (nSPS) is 18.0. The second-order valence-corrected chi connectivity index (χ2v) is 6.19. The van der Waals surface area contributed by atoms with Crippen molar-refractivity contribution in [2.24, 2.45) is 0 Å². The maximum atomic E-state index is 12.4. The molecule has 1 amide bonds. The van der Waals surface area contributed by atoms with Crippen LogP contribution in [0.3, 0.4) is 0 Å². The third kappa shape index (κ3) is 4.78. The molecule has 1 aliphatic heterocycles. The molecule has 0 radical (unpaired) electrons. The first-order valence-electron chi connectivity index (χ1n) is 8.67. The van der Waals surface area contributed by atoms with E-state index >= 15 is 0 Å². The maximum absolute atomic E-state index is 12.4. The van der Waals surface area contributed by atoms with E-state index in [4.69, 9.17) is 5.11 Å². The van der Waals surface area contributed by atoms with Gasteiger partial charge in [0, 0.05) is 43.5 Å². The number of benzene rings is 1. The van der Waals surface area contributed by atoms with Crippen LogP contribution in [0.2, 0.25) is 0 Å². The molecular weight excluding hydrogens is 316 g/mol. The lowest BCUT2D eigenvalue weighted by Crippen LogP contribution is -2.48. The number of hydrogen-bond acceptors (Lipinski definition) is 4. The van der Waals surface area contributed by atoms with Crippen molar-refractivity contribution in [2.45, 2.75) is 18.9 Å². The highest BCUT2D eigenvalue weighted by atomic mass is 16.3. The number of rotatable bonds is 6. The van der Waals surface area contributed by atoms with Gasteiger partial charge in [0.25, 0.3) is 0 Å². The second kappa shape index (κ2) is 8.60. The fourth-order valence-corrected chi connectivity index (χ4v) is 3.03. The average Bonchev–Trinajstić information content (AvgIpc) is 3.14. The van der Waals surface area contributed by atoms with Gasteiger partial charge in [0.05, 0.1) is 18.5 Å². The van der Waals surface area contributed by atoms with Crippen molar-refractivity contribution >= 4 is 12.0 Å². The molecule has 132 valence electrons. The highest BCUT2D eigenvalue weighted by Crippen LogP contribution is 2.12. The van der Waals surface area contributed by atoms with Crippen molar-refractivity contribution in [1.82, 2.24) is 20.0 Å². The molecule has 0 aliphatic carbocycles. The predicted octanol–water partition coefficient (Wildman–Crippen LogP) is 1.46. The predicted molar refractivity (Wildman–Crippen MR) is 97.3 cm³/mol. The molecule has 3 rings (SSSR count). The molecule has 1 atom stereocenters. The molecule has 0 spiro atoms. The molecule has 6 heteroatoms. The molecular formula is C19H24N4O2. The van der Waals surface area contributed by atoms with E-state index < -0.39 is 0 Å². The molecule has 1 saturated heterocycles. The number of nitrogens with one attached hydrogen (secondary N) is 1. The summed E-state index contributed by atoms with van der Waals surface area (Å²) in [5, 5.41) is 16.5. The lowest BCUT2D eigenvalue weighted by molar-refractivity contribution is -0.127. The summed E-state index contributed by atoms with van der Waals surface area (Å²) in [7, 11) is 0. The number of aliphatic hydroxyl groups excluding tert-OH is 1. The van der Waals surface area contributed by atoms with Gasteiger partial charge in [-0.2, -0.15) is 5.10 Å². The first-order chi connectivity index (χ1) is 12.3. The third-order valence-corrected chi connectivity index (χ3v) is 4.32. The van der Waals surface area contributed by atoms with Gasteiger partial charge in [-0.25, -0.2) is 4.68 Å². The Balaban J connectivity index is 1.58. The van der Waals surface area contributed by atoms with E-state index in [2.05, 4.69) is 10.4 Å². The Labute approximate surface area is 147 Å². The summed E-state index contributed by atoms with van der Waals surface area (Å²) in [4.78, 5) is 14.3. The van der Waals surface area contributed by atoms with Crippen molar-refractivity contribution in [3.63, 3.8) is 0 Å². The number of carbonyl (C=O) groups excluding carboxylic acids is 1. The number of piperidine rings is 1. The monoisotopic (exact) mass is 340 g/mol. The molecule has 1 aliphatic rings. The number of amides is 1. The molecule has 6 nitrogen and oxygen atoms in total. The standard InChI is InChI=1S/C19H24N4O2/c24-12-10-20-17-5-4-11-22(15-17)19(25)9-8-16-13-21-23(14-16)18-6-2-1-3-7-18/h1-3,6-9,13-14,17,20,24H,4-5,10-12,15H2/b9-8+. The van der Waals surface area contributed by atoms with Gasteiger partial charge in [0.2, 0.25) is 5.91 Å². The van der Waals surface area contributed by atoms with E-state index in [1.807, 2.05) is 41.4 Å². The number of aromatic nitrogens is 2. The van der Waals surface area contributed by atoms with E-state index in [0.29, 0.717) is 13.1 Å². The van der Waals surface area contributed by atoms with Crippen LogP contribution >= 0.6 is 0 Å². The Hall–Kier alpha value is -2.44. The Morgan fingerprint density at radius 1 is 1.36 bits per heavy atom. The van der Waals surface area contributed by atoms with Crippen molar-refractivity contribution < 1.29 is 9.90 Å². The maximum Gasteiger partial charge on any atom is 0.246 e. The van der Waals surface area contributed by atoms with Crippen molar-refractivity contribution in [3.05, 3.63) is 54.4 Å². The number of carbonyl (C=O) groups is 1. The number of aliphatic hydroxyl groups is 1. The van der Waals surface area contributed by atoms with Gasteiger partial charge in [0.1, 0.15) is 0 Å². The summed E-state index contributed by atoms with van der Waals surface area (Å²) in [6.07, 6.45) is 9.09. The minimum absolute atomic E-state index is 0.0166. The Morgan fingerprint density at radius 3 is 3.00 bits per heavy atom. The molecule has 1 fully saturated rings. The number of para-hydroxylation sites is 1. The highest BCUT2D eigenvalue weighted by molar-refractivity contribution is 5.91. The van der Waals surface area contributed by atoms with Crippen LogP contribution in [-0.4, -0.2) is 58.0 Å². The molecule has 2 N–H and O–H groups in total. The van der Waals surface area contributed by atoms with E-state index in [1.165, 1.54) is 0 Å². The topological polar surface area (TPSA) is 70.4 Å². The fraction of sp³-hybridized carbons (Fsp3) is 0.368. The van der Waals surface area contributed by atoms with Crippen LogP contribution in [0, 0.1) is 0 Å². The third-order valence-electron chi connectivity index (χ3n) is 4.32. The summed E-state index contributed by atoms with van der Waals surface area (Å²) in [6.45, 7) is 2.16. The first kappa shape index (κ1) is 17.4. The average molecular weight is 340 g/mol. The molecule has 0 bridgehead atoms. The van der Waals surface area contributed by atoms with Gasteiger partial charge in [-0.15, -0.1) is 0 Å². The van der Waals surface area contributed by atoms with Gasteiger partial charge in [0.15, 0.2) is 0 Å². The lowest BCUT2D eigenvalue weighted by Gasteiger charge is -2.32. The fourth-order valence-electron chi connectivity index (χ4n) is 3.03. The zero-order valence-electron chi connectivity index (χ0n) is 14.2. The van der Waals surface area contributed by atoms with Gasteiger partial charge < -0.3 is 15.3 Å². The molecule has 25 heavy (non-hydrogen) atoms. The minimum Gasteiger partial charge on any atom is -0.395 e. The van der Waals surface area contributed by atoms with Crippen molar-refractivity contribution in [2.75, 3.05) is 26.2 Å². The zero-order valence-corrected chi connectivity index (χ0v) is 14.2.